The summed E-state index contributed by atoms with van der Waals surface area (Å²) in [5.41, 5.74) is 1.09. The Bertz CT molecular complexity index is 443. The predicted molar refractivity (Wildman–Crippen MR) is 83.1 cm³/mol. The molecule has 3 rings (SSSR count). The summed E-state index contributed by atoms with van der Waals surface area (Å²) in [5, 5.41) is 10.3. The highest BCUT2D eigenvalue weighted by Gasteiger charge is 2.29. The van der Waals surface area contributed by atoms with Crippen LogP contribution < -0.4 is 4.90 Å². The maximum Gasteiger partial charge on any atom is 0.123 e. The molecule has 0 amide bonds. The van der Waals surface area contributed by atoms with Crippen LogP contribution in [0.3, 0.4) is 0 Å². The average Bonchev–Trinajstić information content (AvgIpc) is 2.73. The number of piperazine rings is 1. The lowest BCUT2D eigenvalue weighted by atomic mass is 10.0. The molecule has 2 fully saturated rings. The summed E-state index contributed by atoms with van der Waals surface area (Å²) in [6.45, 7) is 3.88. The first kappa shape index (κ1) is 14.8. The molecule has 1 aromatic carbocycles. The first-order chi connectivity index (χ1) is 10.2. The number of hydrogen-bond donors (Lipinski definition) is 1. The van der Waals surface area contributed by atoms with Crippen molar-refractivity contribution in [3.63, 3.8) is 0 Å². The molecule has 1 N–H and O–H groups in total. The van der Waals surface area contributed by atoms with Crippen LogP contribution in [0.1, 0.15) is 32.1 Å². The minimum Gasteiger partial charge on any atom is -0.391 e. The van der Waals surface area contributed by atoms with Gasteiger partial charge in [0.1, 0.15) is 5.82 Å². The highest BCUT2D eigenvalue weighted by molar-refractivity contribution is 5.46. The van der Waals surface area contributed by atoms with Crippen molar-refractivity contribution in [3.05, 3.63) is 30.1 Å². The summed E-state index contributed by atoms with van der Waals surface area (Å²) >= 11 is 0. The van der Waals surface area contributed by atoms with Crippen molar-refractivity contribution in [2.24, 2.45) is 0 Å². The highest BCUT2D eigenvalue weighted by atomic mass is 19.1. The number of benzene rings is 1. The van der Waals surface area contributed by atoms with Gasteiger partial charge in [-0.1, -0.05) is 19.3 Å². The lowest BCUT2D eigenvalue weighted by molar-refractivity contribution is 0.0410. The molecule has 0 radical (unpaired) electrons. The van der Waals surface area contributed by atoms with Gasteiger partial charge in [0.25, 0.3) is 0 Å². The third-order valence-electron chi connectivity index (χ3n) is 4.92. The molecule has 4 heteroatoms. The van der Waals surface area contributed by atoms with E-state index in [4.69, 9.17) is 0 Å². The Hall–Kier alpha value is -1.13. The van der Waals surface area contributed by atoms with Crippen LogP contribution >= 0.6 is 0 Å². The Morgan fingerprint density at radius 3 is 2.29 bits per heavy atom. The van der Waals surface area contributed by atoms with E-state index in [1.165, 1.54) is 25.0 Å². The van der Waals surface area contributed by atoms with Crippen LogP contribution in [-0.4, -0.2) is 48.3 Å². The quantitative estimate of drug-likeness (QED) is 0.849. The maximum atomic E-state index is 13.0. The third-order valence-corrected chi connectivity index (χ3v) is 4.92. The van der Waals surface area contributed by atoms with E-state index < -0.39 is 0 Å². The van der Waals surface area contributed by atoms with Gasteiger partial charge in [-0.15, -0.1) is 0 Å². The van der Waals surface area contributed by atoms with Gasteiger partial charge < -0.3 is 10.0 Å². The minimum atomic E-state index is -0.182. The average molecular weight is 292 g/mol. The maximum absolute atomic E-state index is 13.0. The smallest absolute Gasteiger partial charge is 0.123 e. The van der Waals surface area contributed by atoms with E-state index in [0.29, 0.717) is 6.04 Å². The first-order valence-electron chi connectivity index (χ1n) is 8.17. The Labute approximate surface area is 126 Å². The third kappa shape index (κ3) is 3.55. The predicted octanol–water partition coefficient (Wildman–Crippen LogP) is 2.64. The van der Waals surface area contributed by atoms with Gasteiger partial charge in [0.2, 0.25) is 0 Å². The first-order valence-corrected chi connectivity index (χ1v) is 8.17. The molecule has 1 saturated carbocycles. The molecule has 2 unspecified atom stereocenters. The van der Waals surface area contributed by atoms with Crippen molar-refractivity contribution >= 4 is 5.69 Å². The Balaban J connectivity index is 1.58. The van der Waals surface area contributed by atoms with E-state index in [9.17, 15) is 9.50 Å². The van der Waals surface area contributed by atoms with Crippen LogP contribution in [0.4, 0.5) is 10.1 Å². The van der Waals surface area contributed by atoms with Crippen molar-refractivity contribution in [1.82, 2.24) is 4.90 Å². The van der Waals surface area contributed by atoms with Gasteiger partial charge in [-0.2, -0.15) is 0 Å². The summed E-state index contributed by atoms with van der Waals surface area (Å²) in [4.78, 5) is 4.76. The van der Waals surface area contributed by atoms with Gasteiger partial charge in [-0.3, -0.25) is 4.90 Å². The summed E-state index contributed by atoms with van der Waals surface area (Å²) in [7, 11) is 0. The zero-order chi connectivity index (χ0) is 14.7. The number of aliphatic hydroxyl groups is 1. The van der Waals surface area contributed by atoms with Crippen LogP contribution in [0, 0.1) is 5.82 Å². The van der Waals surface area contributed by atoms with Gasteiger partial charge in [0, 0.05) is 37.9 Å². The topological polar surface area (TPSA) is 26.7 Å². The van der Waals surface area contributed by atoms with Gasteiger partial charge in [0.05, 0.1) is 6.10 Å². The van der Waals surface area contributed by atoms with Crippen molar-refractivity contribution in [2.75, 3.05) is 31.1 Å². The molecule has 0 spiro atoms. The minimum absolute atomic E-state index is 0.162. The monoisotopic (exact) mass is 292 g/mol. The van der Waals surface area contributed by atoms with E-state index in [1.807, 2.05) is 12.1 Å². The van der Waals surface area contributed by atoms with E-state index >= 15 is 0 Å². The molecule has 3 nitrogen and oxygen atoms in total. The van der Waals surface area contributed by atoms with Crippen LogP contribution in [0.2, 0.25) is 0 Å². The van der Waals surface area contributed by atoms with Crippen LogP contribution in [0.5, 0.6) is 0 Å². The van der Waals surface area contributed by atoms with Crippen molar-refractivity contribution < 1.29 is 9.50 Å². The SMILES string of the molecule is OC1CCCCCC1N1CCN(c2ccc(F)cc2)CC1. The van der Waals surface area contributed by atoms with Crippen molar-refractivity contribution in [2.45, 2.75) is 44.2 Å². The number of anilines is 1. The molecule has 1 aliphatic carbocycles. The summed E-state index contributed by atoms with van der Waals surface area (Å²) in [6.07, 6.45) is 5.56. The molecule has 21 heavy (non-hydrogen) atoms. The molecule has 116 valence electrons. The fourth-order valence-electron chi connectivity index (χ4n) is 3.66. The second-order valence-electron chi connectivity index (χ2n) is 6.27. The van der Waals surface area contributed by atoms with E-state index in [1.54, 1.807) is 0 Å². The number of nitrogens with zero attached hydrogens (tertiary/aromatic N) is 2. The van der Waals surface area contributed by atoms with E-state index in [-0.39, 0.29) is 11.9 Å². The second-order valence-corrected chi connectivity index (χ2v) is 6.27. The van der Waals surface area contributed by atoms with Gasteiger partial charge >= 0.3 is 0 Å². The number of halogens is 1. The Morgan fingerprint density at radius 2 is 1.57 bits per heavy atom. The zero-order valence-electron chi connectivity index (χ0n) is 12.5. The van der Waals surface area contributed by atoms with E-state index in [0.717, 1.165) is 51.1 Å². The molecule has 1 heterocycles. The van der Waals surface area contributed by atoms with Crippen molar-refractivity contribution in [3.8, 4) is 0 Å². The van der Waals surface area contributed by atoms with Crippen LogP contribution in [-0.2, 0) is 0 Å². The summed E-state index contributed by atoms with van der Waals surface area (Å²) in [5.74, 6) is -0.182. The van der Waals surface area contributed by atoms with Crippen LogP contribution in [0.15, 0.2) is 24.3 Å². The summed E-state index contributed by atoms with van der Waals surface area (Å²) in [6, 6.07) is 7.09. The molecular weight excluding hydrogens is 267 g/mol. The molecule has 1 aliphatic heterocycles. The van der Waals surface area contributed by atoms with Crippen LogP contribution in [0.25, 0.3) is 0 Å². The number of aliphatic hydroxyl groups excluding tert-OH is 1. The number of rotatable bonds is 2. The fourth-order valence-corrected chi connectivity index (χ4v) is 3.66. The zero-order valence-corrected chi connectivity index (χ0v) is 12.5. The molecule has 0 aromatic heterocycles. The molecule has 1 aromatic rings. The Kier molecular flexibility index (Phi) is 4.76. The molecule has 2 atom stereocenters. The molecular formula is C17H25FN2O. The van der Waals surface area contributed by atoms with E-state index in [2.05, 4.69) is 9.80 Å². The van der Waals surface area contributed by atoms with Gasteiger partial charge in [-0.05, 0) is 37.1 Å². The lowest BCUT2D eigenvalue weighted by Gasteiger charge is -2.41. The number of hydrogen-bond acceptors (Lipinski definition) is 3. The normalized spacial score (nSPS) is 28.4. The fraction of sp³-hybridized carbons (Fsp3) is 0.647. The molecule has 1 saturated heterocycles. The Morgan fingerprint density at radius 1 is 0.905 bits per heavy atom. The highest BCUT2D eigenvalue weighted by Crippen LogP contribution is 2.25. The van der Waals surface area contributed by atoms with Gasteiger partial charge in [-0.25, -0.2) is 4.39 Å². The largest absolute Gasteiger partial charge is 0.391 e. The molecule has 2 aliphatic rings. The molecule has 0 bridgehead atoms. The standard InChI is InChI=1S/C17H25FN2O/c18-14-6-8-15(9-7-14)19-10-12-20(13-11-19)16-4-2-1-3-5-17(16)21/h6-9,16-17,21H,1-5,10-13H2. The van der Waals surface area contributed by atoms with Crippen molar-refractivity contribution in [1.29, 1.82) is 0 Å². The lowest BCUT2D eigenvalue weighted by Crippen LogP contribution is -2.53. The summed E-state index contributed by atoms with van der Waals surface area (Å²) < 4.78 is 13.0. The second kappa shape index (κ2) is 6.75. The van der Waals surface area contributed by atoms with Gasteiger partial charge in [0.15, 0.2) is 0 Å².